The molecule has 16 nitrogen and oxygen atoms in total. The summed E-state index contributed by atoms with van der Waals surface area (Å²) in [6.07, 6.45) is 8.66. The number of fused-ring (bicyclic) bond motifs is 2. The summed E-state index contributed by atoms with van der Waals surface area (Å²) in [7, 11) is 1.52. The van der Waals surface area contributed by atoms with Crippen LogP contribution in [0.4, 0.5) is 17.5 Å². The van der Waals surface area contributed by atoms with Gasteiger partial charge in [-0.3, -0.25) is 29.3 Å². The van der Waals surface area contributed by atoms with Gasteiger partial charge in [0.15, 0.2) is 18.2 Å². The Bertz CT molecular complexity index is 2540. The molecular weight excluding hydrogens is 838 g/mol. The molecule has 0 bridgehead atoms. The number of nitrogens with one attached hydrogen (secondary N) is 3. The lowest BCUT2D eigenvalue weighted by molar-refractivity contribution is -0.137. The minimum Gasteiger partial charge on any atom is -0.478 e. The molecule has 3 saturated heterocycles. The zero-order valence-electron chi connectivity index (χ0n) is 36.8. The van der Waals surface area contributed by atoms with Gasteiger partial charge < -0.3 is 39.4 Å². The molecule has 5 aliphatic rings. The summed E-state index contributed by atoms with van der Waals surface area (Å²) >= 11 is 6.61. The van der Waals surface area contributed by atoms with E-state index in [1.807, 2.05) is 39.0 Å². The van der Waals surface area contributed by atoms with Gasteiger partial charge in [0.05, 0.1) is 23.9 Å². The van der Waals surface area contributed by atoms with Gasteiger partial charge in [0, 0.05) is 61.8 Å². The van der Waals surface area contributed by atoms with Gasteiger partial charge in [0.25, 0.3) is 17.4 Å². The van der Waals surface area contributed by atoms with Gasteiger partial charge in [-0.15, -0.1) is 0 Å². The number of ether oxygens (including phenoxy) is 2. The Balaban J connectivity index is 0.745. The molecular formula is C47H56ClN9O7. The smallest absolute Gasteiger partial charge is 0.293 e. The molecule has 2 aromatic heterocycles. The molecule has 4 aromatic rings. The van der Waals surface area contributed by atoms with Crippen LogP contribution < -0.4 is 31.1 Å². The first-order valence-electron chi connectivity index (χ1n) is 22.6. The van der Waals surface area contributed by atoms with Crippen LogP contribution in [0.1, 0.15) is 104 Å². The van der Waals surface area contributed by atoms with Crippen molar-refractivity contribution in [2.45, 2.75) is 115 Å². The number of rotatable bonds is 12. The zero-order valence-corrected chi connectivity index (χ0v) is 37.6. The van der Waals surface area contributed by atoms with Crippen LogP contribution in [0, 0.1) is 6.92 Å². The highest BCUT2D eigenvalue weighted by molar-refractivity contribution is 6.33. The van der Waals surface area contributed by atoms with Crippen LogP contribution >= 0.6 is 11.6 Å². The van der Waals surface area contributed by atoms with Crippen LogP contribution in [0.15, 0.2) is 47.4 Å². The number of likely N-dealkylation sites (N-methyl/N-ethyl adjacent to an activating group) is 1. The summed E-state index contributed by atoms with van der Waals surface area (Å²) in [6, 6.07) is 11.5. The minimum atomic E-state index is -0.602. The Hall–Kier alpha value is -5.58. The van der Waals surface area contributed by atoms with Crippen LogP contribution in [0.3, 0.4) is 0 Å². The minimum absolute atomic E-state index is 0.0955. The highest BCUT2D eigenvalue weighted by atomic mass is 35.5. The lowest BCUT2D eigenvalue weighted by Gasteiger charge is -2.47. The van der Waals surface area contributed by atoms with Gasteiger partial charge in [-0.25, -0.2) is 4.98 Å². The van der Waals surface area contributed by atoms with Crippen molar-refractivity contribution in [3.63, 3.8) is 0 Å². The summed E-state index contributed by atoms with van der Waals surface area (Å²) in [5.74, 6) is 0.488. The maximum absolute atomic E-state index is 13.4. The SMILES string of the molecule is CNC(=O)COc1cc2cc(Nc3nc(N4CCC(O[C@H]5C[C@H](N6CCC(c7cc(C)c8c(c7)CN(C7CCC(=O)NC7=O)C8=O)CC6)C5)CC4)ncc3Cl)ccc2n(C(C)C)c1=O. The summed E-state index contributed by atoms with van der Waals surface area (Å²) in [5, 5.41) is 9.38. The second-order valence-electron chi connectivity index (χ2n) is 18.2. The van der Waals surface area contributed by atoms with Gasteiger partial charge in [0.1, 0.15) is 11.1 Å². The number of imide groups is 1. The standard InChI is InChI=1S/C47H56ClN9O7/c1-26(2)57-37-6-5-32(19-30(37)20-39(45(57)61)63-25-41(59)49-4)51-43-36(48)23-50-47(53-43)55-15-11-34(12-16-55)64-35-21-33(22-35)54-13-9-28(10-14-54)29-17-27(3)42-31(18-29)24-56(46(42)62)38-7-8-40(58)52-44(38)60/h5-6,17-20,23,26,28,33-35,38H,7-16,21-22,24-25H2,1-4H3,(H,49,59)(H,50,51,53)(H,52,58,60)/t33-,35-,38?. The summed E-state index contributed by atoms with van der Waals surface area (Å²) < 4.78 is 13.9. The number of pyridine rings is 1. The number of piperidine rings is 3. The Morgan fingerprint density at radius 3 is 2.45 bits per heavy atom. The fourth-order valence-corrected chi connectivity index (χ4v) is 10.3. The maximum atomic E-state index is 13.4. The highest BCUT2D eigenvalue weighted by Gasteiger charge is 2.41. The number of aryl methyl sites for hydroxylation is 1. The normalized spacial score (nSPS) is 22.2. The molecule has 2 aromatic carbocycles. The quantitative estimate of drug-likeness (QED) is 0.155. The molecule has 1 aliphatic carbocycles. The Kier molecular flexibility index (Phi) is 12.4. The molecule has 4 fully saturated rings. The van der Waals surface area contributed by atoms with Crippen molar-refractivity contribution >= 4 is 63.6 Å². The predicted octanol–water partition coefficient (Wildman–Crippen LogP) is 5.36. The molecule has 64 heavy (non-hydrogen) atoms. The molecule has 1 saturated carbocycles. The van der Waals surface area contributed by atoms with Crippen LogP contribution in [-0.4, -0.2) is 112 Å². The molecule has 4 amide bonds. The van der Waals surface area contributed by atoms with Crippen molar-refractivity contribution in [2.24, 2.45) is 0 Å². The first-order chi connectivity index (χ1) is 30.8. The summed E-state index contributed by atoms with van der Waals surface area (Å²) in [5.41, 5.74) is 5.09. The topological polar surface area (TPSA) is 180 Å². The molecule has 0 spiro atoms. The lowest BCUT2D eigenvalue weighted by atomic mass is 9.82. The van der Waals surface area contributed by atoms with Gasteiger partial charge in [-0.1, -0.05) is 23.7 Å². The zero-order chi connectivity index (χ0) is 44.8. The monoisotopic (exact) mass is 893 g/mol. The van der Waals surface area contributed by atoms with E-state index in [9.17, 15) is 24.0 Å². The van der Waals surface area contributed by atoms with E-state index in [0.29, 0.717) is 47.3 Å². The van der Waals surface area contributed by atoms with Crippen molar-refractivity contribution in [1.82, 2.24) is 35.0 Å². The van der Waals surface area contributed by atoms with E-state index in [1.54, 1.807) is 21.7 Å². The van der Waals surface area contributed by atoms with Gasteiger partial charge in [0.2, 0.25) is 17.8 Å². The number of benzene rings is 2. The van der Waals surface area contributed by atoms with Crippen LogP contribution in [0.2, 0.25) is 5.02 Å². The second-order valence-corrected chi connectivity index (χ2v) is 18.6. The number of likely N-dealkylation sites (tertiary alicyclic amines) is 1. The van der Waals surface area contributed by atoms with E-state index in [2.05, 4.69) is 42.9 Å². The molecule has 6 heterocycles. The number of hydrogen-bond acceptors (Lipinski definition) is 12. The van der Waals surface area contributed by atoms with E-state index in [1.165, 1.54) is 12.6 Å². The average molecular weight is 894 g/mol. The van der Waals surface area contributed by atoms with Crippen molar-refractivity contribution in [3.8, 4) is 5.75 Å². The largest absolute Gasteiger partial charge is 0.478 e. The molecule has 17 heteroatoms. The fourth-order valence-electron chi connectivity index (χ4n) is 10.2. The summed E-state index contributed by atoms with van der Waals surface area (Å²) in [6.45, 7) is 9.60. The number of amides is 4. The Labute approximate surface area is 377 Å². The van der Waals surface area contributed by atoms with Crippen LogP contribution in [-0.2, 0) is 25.7 Å². The first-order valence-corrected chi connectivity index (χ1v) is 23.0. The third kappa shape index (κ3) is 8.79. The Morgan fingerprint density at radius 1 is 0.969 bits per heavy atom. The molecule has 9 rings (SSSR count). The van der Waals surface area contributed by atoms with Crippen LogP contribution in [0.25, 0.3) is 10.9 Å². The van der Waals surface area contributed by atoms with E-state index in [-0.39, 0.29) is 66.2 Å². The lowest BCUT2D eigenvalue weighted by Crippen LogP contribution is -2.52. The Morgan fingerprint density at radius 2 is 1.73 bits per heavy atom. The van der Waals surface area contributed by atoms with E-state index < -0.39 is 6.04 Å². The second kappa shape index (κ2) is 18.1. The van der Waals surface area contributed by atoms with Gasteiger partial charge in [-0.05, 0) is 126 Å². The van der Waals surface area contributed by atoms with Crippen molar-refractivity contribution in [3.05, 3.63) is 80.2 Å². The average Bonchev–Trinajstić information content (AvgIpc) is 3.60. The fraction of sp³-hybridized carbons (Fsp3) is 0.511. The van der Waals surface area contributed by atoms with Crippen molar-refractivity contribution < 1.29 is 28.7 Å². The van der Waals surface area contributed by atoms with E-state index >= 15 is 0 Å². The third-order valence-corrected chi connectivity index (χ3v) is 14.0. The number of hydrogen-bond donors (Lipinski definition) is 3. The first kappa shape index (κ1) is 43.7. The number of anilines is 3. The number of nitrogens with zero attached hydrogens (tertiary/aromatic N) is 6. The van der Waals surface area contributed by atoms with Crippen LogP contribution in [0.5, 0.6) is 5.75 Å². The molecule has 3 N–H and O–H groups in total. The molecule has 4 aliphatic heterocycles. The molecule has 1 atom stereocenters. The van der Waals surface area contributed by atoms with Crippen molar-refractivity contribution in [1.29, 1.82) is 0 Å². The molecule has 0 radical (unpaired) electrons. The van der Waals surface area contributed by atoms with E-state index in [0.717, 1.165) is 92.4 Å². The molecule has 338 valence electrons. The number of halogens is 1. The molecule has 1 unspecified atom stereocenters. The van der Waals surface area contributed by atoms with Gasteiger partial charge >= 0.3 is 0 Å². The maximum Gasteiger partial charge on any atom is 0.293 e. The highest BCUT2D eigenvalue weighted by Crippen LogP contribution is 2.39. The summed E-state index contributed by atoms with van der Waals surface area (Å²) in [4.78, 5) is 78.6. The predicted molar refractivity (Wildman–Crippen MR) is 242 cm³/mol. The van der Waals surface area contributed by atoms with E-state index in [4.69, 9.17) is 26.1 Å². The number of carbonyl (C=O) groups is 4. The van der Waals surface area contributed by atoms with Crippen molar-refractivity contribution in [2.75, 3.05) is 50.1 Å². The number of aromatic nitrogens is 3. The van der Waals surface area contributed by atoms with Gasteiger partial charge in [-0.2, -0.15) is 4.98 Å². The number of carbonyl (C=O) groups excluding carboxylic acids is 4. The third-order valence-electron chi connectivity index (χ3n) is 13.7.